The summed E-state index contributed by atoms with van der Waals surface area (Å²) >= 11 is 0. The molecule has 0 aromatic heterocycles. The first-order valence-electron chi connectivity index (χ1n) is 5.04. The molecule has 1 rings (SSSR count). The monoisotopic (exact) mass is 185 g/mol. The Kier molecular flexibility index (Phi) is 3.00. The number of hydrazine groups is 1. The van der Waals surface area contributed by atoms with Crippen LogP contribution < -0.4 is 11.2 Å². The number of hydrogen-bond donors (Lipinski definition) is 2. The van der Waals surface area contributed by atoms with E-state index in [0.29, 0.717) is 5.41 Å². The summed E-state index contributed by atoms with van der Waals surface area (Å²) < 4.78 is 0. The minimum absolute atomic E-state index is 0.146. The summed E-state index contributed by atoms with van der Waals surface area (Å²) in [6.45, 7) is 5.37. The Labute approximate surface area is 81.6 Å². The van der Waals surface area contributed by atoms with Gasteiger partial charge >= 0.3 is 0 Å². The standard InChI is InChI=1S/C10H23N3/c1-9(2)5-6-10(7-9,8-11)12-13(3)4/h12H,5-8,11H2,1-4H3. The number of rotatable bonds is 3. The number of hydrogen-bond acceptors (Lipinski definition) is 3. The Balaban J connectivity index is 2.63. The van der Waals surface area contributed by atoms with E-state index < -0.39 is 0 Å². The predicted octanol–water partition coefficient (Wildman–Crippen LogP) is 0.960. The van der Waals surface area contributed by atoms with Gasteiger partial charge in [-0.2, -0.15) is 0 Å². The minimum atomic E-state index is 0.146. The zero-order chi connectivity index (χ0) is 10.1. The van der Waals surface area contributed by atoms with Crippen LogP contribution in [0.25, 0.3) is 0 Å². The van der Waals surface area contributed by atoms with Crippen LogP contribution in [0.3, 0.4) is 0 Å². The summed E-state index contributed by atoms with van der Waals surface area (Å²) in [5, 5.41) is 2.02. The summed E-state index contributed by atoms with van der Waals surface area (Å²) in [7, 11) is 4.06. The summed E-state index contributed by atoms with van der Waals surface area (Å²) in [5.41, 5.74) is 9.91. The summed E-state index contributed by atoms with van der Waals surface area (Å²) in [6.07, 6.45) is 3.63. The molecule has 0 aromatic rings. The van der Waals surface area contributed by atoms with E-state index in [1.54, 1.807) is 0 Å². The molecule has 1 atom stereocenters. The van der Waals surface area contributed by atoms with Crippen molar-refractivity contribution in [2.24, 2.45) is 11.1 Å². The van der Waals surface area contributed by atoms with Crippen LogP contribution in [-0.2, 0) is 0 Å². The maximum absolute atomic E-state index is 5.85. The zero-order valence-corrected chi connectivity index (χ0v) is 9.35. The summed E-state index contributed by atoms with van der Waals surface area (Å²) in [4.78, 5) is 0. The lowest BCUT2D eigenvalue weighted by atomic mass is 9.88. The van der Waals surface area contributed by atoms with Crippen LogP contribution in [-0.4, -0.2) is 31.2 Å². The van der Waals surface area contributed by atoms with Gasteiger partial charge in [0.05, 0.1) is 0 Å². The van der Waals surface area contributed by atoms with Gasteiger partial charge in [-0.05, 0) is 24.7 Å². The Hall–Kier alpha value is -0.120. The molecule has 3 nitrogen and oxygen atoms in total. The van der Waals surface area contributed by atoms with Crippen LogP contribution in [0.1, 0.15) is 33.1 Å². The van der Waals surface area contributed by atoms with Gasteiger partial charge in [0, 0.05) is 26.2 Å². The fraction of sp³-hybridized carbons (Fsp3) is 1.00. The van der Waals surface area contributed by atoms with Crippen molar-refractivity contribution in [3.05, 3.63) is 0 Å². The van der Waals surface area contributed by atoms with E-state index in [2.05, 4.69) is 19.3 Å². The third-order valence-corrected chi connectivity index (χ3v) is 2.95. The van der Waals surface area contributed by atoms with Gasteiger partial charge in [0.25, 0.3) is 0 Å². The number of nitrogens with zero attached hydrogens (tertiary/aromatic N) is 1. The molecule has 0 heterocycles. The van der Waals surface area contributed by atoms with Crippen molar-refractivity contribution >= 4 is 0 Å². The molecule has 13 heavy (non-hydrogen) atoms. The number of nitrogens with two attached hydrogens (primary N) is 1. The van der Waals surface area contributed by atoms with Gasteiger partial charge in [0.2, 0.25) is 0 Å². The van der Waals surface area contributed by atoms with E-state index >= 15 is 0 Å². The van der Waals surface area contributed by atoms with Gasteiger partial charge in [0.15, 0.2) is 0 Å². The lowest BCUT2D eigenvalue weighted by Crippen LogP contribution is -2.55. The molecule has 1 aliphatic rings. The second-order valence-corrected chi connectivity index (χ2v) is 5.33. The van der Waals surface area contributed by atoms with Gasteiger partial charge < -0.3 is 5.73 Å². The highest BCUT2D eigenvalue weighted by atomic mass is 15.5. The predicted molar refractivity (Wildman–Crippen MR) is 56.2 cm³/mol. The topological polar surface area (TPSA) is 41.3 Å². The molecule has 3 N–H and O–H groups in total. The van der Waals surface area contributed by atoms with Crippen LogP contribution in [0, 0.1) is 5.41 Å². The molecular weight excluding hydrogens is 162 g/mol. The molecule has 0 bridgehead atoms. The van der Waals surface area contributed by atoms with E-state index in [9.17, 15) is 0 Å². The molecular formula is C10H23N3. The van der Waals surface area contributed by atoms with Crippen LogP contribution in [0.4, 0.5) is 0 Å². The third-order valence-electron chi connectivity index (χ3n) is 2.95. The number of nitrogens with one attached hydrogen (secondary N) is 1. The molecule has 1 saturated carbocycles. The van der Waals surface area contributed by atoms with Crippen molar-refractivity contribution < 1.29 is 0 Å². The first-order valence-corrected chi connectivity index (χ1v) is 5.04. The van der Waals surface area contributed by atoms with Crippen molar-refractivity contribution in [2.45, 2.75) is 38.6 Å². The molecule has 1 unspecified atom stereocenters. The highest BCUT2D eigenvalue weighted by Crippen LogP contribution is 2.42. The van der Waals surface area contributed by atoms with Gasteiger partial charge in [-0.15, -0.1) is 0 Å². The third kappa shape index (κ3) is 2.66. The Bertz CT molecular complexity index is 177. The fourth-order valence-corrected chi connectivity index (χ4v) is 2.46. The van der Waals surface area contributed by atoms with Crippen LogP contribution in [0.15, 0.2) is 0 Å². The van der Waals surface area contributed by atoms with Gasteiger partial charge in [0.1, 0.15) is 0 Å². The smallest absolute Gasteiger partial charge is 0.0453 e. The highest BCUT2D eigenvalue weighted by Gasteiger charge is 2.42. The maximum atomic E-state index is 5.85. The molecule has 78 valence electrons. The second kappa shape index (κ2) is 3.56. The molecule has 3 heteroatoms. The molecule has 0 aliphatic heterocycles. The fourth-order valence-electron chi connectivity index (χ4n) is 2.46. The summed E-state index contributed by atoms with van der Waals surface area (Å²) in [5.74, 6) is 0. The average Bonchev–Trinajstić information content (AvgIpc) is 2.26. The SMILES string of the molecule is CN(C)NC1(CN)CCC(C)(C)C1. The van der Waals surface area contributed by atoms with E-state index in [0.717, 1.165) is 6.54 Å². The van der Waals surface area contributed by atoms with Gasteiger partial charge in [-0.25, -0.2) is 5.43 Å². The van der Waals surface area contributed by atoms with Crippen LogP contribution in [0.2, 0.25) is 0 Å². The highest BCUT2D eigenvalue weighted by molar-refractivity contribution is 4.99. The lowest BCUT2D eigenvalue weighted by Gasteiger charge is -2.33. The molecule has 1 aliphatic carbocycles. The first-order chi connectivity index (χ1) is 5.89. The van der Waals surface area contributed by atoms with Crippen molar-refractivity contribution in [3.63, 3.8) is 0 Å². The zero-order valence-electron chi connectivity index (χ0n) is 9.35. The lowest BCUT2D eigenvalue weighted by molar-refractivity contribution is 0.154. The molecule has 0 saturated heterocycles. The molecule has 0 aromatic carbocycles. The van der Waals surface area contributed by atoms with Crippen molar-refractivity contribution in [1.29, 1.82) is 0 Å². The van der Waals surface area contributed by atoms with E-state index in [-0.39, 0.29) is 5.54 Å². The molecule has 1 fully saturated rings. The minimum Gasteiger partial charge on any atom is -0.329 e. The normalized spacial score (nSPS) is 32.8. The van der Waals surface area contributed by atoms with Crippen LogP contribution >= 0.6 is 0 Å². The van der Waals surface area contributed by atoms with Crippen molar-refractivity contribution in [3.8, 4) is 0 Å². The first kappa shape index (κ1) is 11.0. The second-order valence-electron chi connectivity index (χ2n) is 5.33. The average molecular weight is 185 g/mol. The van der Waals surface area contributed by atoms with E-state index in [1.807, 2.05) is 19.1 Å². The molecule has 0 spiro atoms. The summed E-state index contributed by atoms with van der Waals surface area (Å²) in [6, 6.07) is 0. The maximum Gasteiger partial charge on any atom is 0.0453 e. The van der Waals surface area contributed by atoms with Gasteiger partial charge in [-0.3, -0.25) is 5.01 Å². The largest absolute Gasteiger partial charge is 0.329 e. The van der Waals surface area contributed by atoms with Crippen LogP contribution in [0.5, 0.6) is 0 Å². The van der Waals surface area contributed by atoms with Crippen molar-refractivity contribution in [1.82, 2.24) is 10.4 Å². The quantitative estimate of drug-likeness (QED) is 0.644. The Morgan fingerprint density at radius 3 is 2.23 bits per heavy atom. The Morgan fingerprint density at radius 1 is 1.31 bits per heavy atom. The molecule has 0 radical (unpaired) electrons. The molecule has 0 amide bonds. The van der Waals surface area contributed by atoms with Gasteiger partial charge in [-0.1, -0.05) is 13.8 Å². The van der Waals surface area contributed by atoms with E-state index in [4.69, 9.17) is 5.73 Å². The Morgan fingerprint density at radius 2 is 1.92 bits per heavy atom. The van der Waals surface area contributed by atoms with Crippen molar-refractivity contribution in [2.75, 3.05) is 20.6 Å². The van der Waals surface area contributed by atoms with E-state index in [1.165, 1.54) is 19.3 Å².